The van der Waals surface area contributed by atoms with Gasteiger partial charge in [-0.05, 0) is 74.9 Å². The van der Waals surface area contributed by atoms with Crippen molar-refractivity contribution in [2.45, 2.75) is 40.2 Å². The summed E-state index contributed by atoms with van der Waals surface area (Å²) in [6, 6.07) is 10.3. The van der Waals surface area contributed by atoms with E-state index in [2.05, 4.69) is 10.4 Å². The lowest BCUT2D eigenvalue weighted by atomic mass is 10.1. The van der Waals surface area contributed by atoms with E-state index in [0.717, 1.165) is 23.2 Å². The SMILES string of the molecule is Cc1ccc(C)c(N2C(=O)c3ccc(C(=O)Nc4c(C)cnn4CC4CC4)cc3C2=O)c1. The van der Waals surface area contributed by atoms with Crippen molar-refractivity contribution in [1.29, 1.82) is 0 Å². The Morgan fingerprint density at radius 1 is 1.00 bits per heavy atom. The maximum Gasteiger partial charge on any atom is 0.266 e. The fourth-order valence-corrected chi connectivity index (χ4v) is 4.07. The van der Waals surface area contributed by atoms with Crippen LogP contribution in [0.2, 0.25) is 0 Å². The van der Waals surface area contributed by atoms with Crippen LogP contribution in [0, 0.1) is 26.7 Å². The molecule has 2 aliphatic rings. The highest BCUT2D eigenvalue weighted by Gasteiger charge is 2.38. The van der Waals surface area contributed by atoms with Crippen LogP contribution < -0.4 is 10.2 Å². The van der Waals surface area contributed by atoms with Gasteiger partial charge in [-0.1, -0.05) is 12.1 Å². The zero-order valence-corrected chi connectivity index (χ0v) is 18.3. The van der Waals surface area contributed by atoms with Crippen LogP contribution in [-0.4, -0.2) is 27.5 Å². The number of hydrogen-bond donors (Lipinski definition) is 1. The summed E-state index contributed by atoms with van der Waals surface area (Å²) in [7, 11) is 0. The molecule has 32 heavy (non-hydrogen) atoms. The van der Waals surface area contributed by atoms with Gasteiger partial charge in [0.15, 0.2) is 0 Å². The maximum atomic E-state index is 13.2. The number of amides is 3. The van der Waals surface area contributed by atoms with Gasteiger partial charge >= 0.3 is 0 Å². The summed E-state index contributed by atoms with van der Waals surface area (Å²) in [4.78, 5) is 40.4. The van der Waals surface area contributed by atoms with E-state index in [-0.39, 0.29) is 17.4 Å². The fraction of sp³-hybridized carbons (Fsp3) is 0.280. The summed E-state index contributed by atoms with van der Waals surface area (Å²) in [5.41, 5.74) is 4.12. The zero-order chi connectivity index (χ0) is 22.6. The van der Waals surface area contributed by atoms with Crippen LogP contribution in [0.4, 0.5) is 11.5 Å². The number of benzene rings is 2. The molecule has 1 saturated carbocycles. The molecule has 0 saturated heterocycles. The first-order valence-electron chi connectivity index (χ1n) is 10.8. The molecule has 1 aliphatic heterocycles. The van der Waals surface area contributed by atoms with Crippen molar-refractivity contribution in [3.63, 3.8) is 0 Å². The number of anilines is 2. The third kappa shape index (κ3) is 3.39. The van der Waals surface area contributed by atoms with E-state index in [9.17, 15) is 14.4 Å². The second-order valence-electron chi connectivity index (χ2n) is 8.75. The third-order valence-electron chi connectivity index (χ3n) is 6.14. The van der Waals surface area contributed by atoms with Gasteiger partial charge in [-0.15, -0.1) is 0 Å². The maximum absolute atomic E-state index is 13.2. The second kappa shape index (κ2) is 7.44. The van der Waals surface area contributed by atoms with Gasteiger partial charge in [0.1, 0.15) is 5.82 Å². The molecule has 3 aromatic rings. The molecule has 0 unspecified atom stereocenters. The van der Waals surface area contributed by atoms with Gasteiger partial charge < -0.3 is 5.32 Å². The summed E-state index contributed by atoms with van der Waals surface area (Å²) in [6.07, 6.45) is 4.11. The first-order chi connectivity index (χ1) is 15.3. The fourth-order valence-electron chi connectivity index (χ4n) is 4.07. The Bertz CT molecular complexity index is 1290. The molecule has 0 radical (unpaired) electrons. The molecule has 1 aliphatic carbocycles. The summed E-state index contributed by atoms with van der Waals surface area (Å²) in [6.45, 7) is 6.47. The van der Waals surface area contributed by atoms with E-state index < -0.39 is 5.91 Å². The average Bonchev–Trinajstić information content (AvgIpc) is 3.49. The van der Waals surface area contributed by atoms with Crippen molar-refractivity contribution in [3.8, 4) is 0 Å². The van der Waals surface area contributed by atoms with E-state index in [1.54, 1.807) is 18.3 Å². The number of rotatable bonds is 5. The minimum Gasteiger partial charge on any atom is -0.307 e. The number of carbonyl (C=O) groups excluding carboxylic acids is 3. The van der Waals surface area contributed by atoms with Crippen molar-refractivity contribution in [1.82, 2.24) is 9.78 Å². The largest absolute Gasteiger partial charge is 0.307 e. The lowest BCUT2D eigenvalue weighted by Gasteiger charge is -2.17. The smallest absolute Gasteiger partial charge is 0.266 e. The van der Waals surface area contributed by atoms with Crippen LogP contribution in [0.5, 0.6) is 0 Å². The monoisotopic (exact) mass is 428 g/mol. The average molecular weight is 428 g/mol. The Balaban J connectivity index is 1.43. The topological polar surface area (TPSA) is 84.3 Å². The number of aromatic nitrogens is 2. The number of nitrogens with one attached hydrogen (secondary N) is 1. The molecule has 162 valence electrons. The van der Waals surface area contributed by atoms with Crippen LogP contribution >= 0.6 is 0 Å². The van der Waals surface area contributed by atoms with Gasteiger partial charge in [0.05, 0.1) is 23.0 Å². The van der Waals surface area contributed by atoms with Gasteiger partial charge in [0.25, 0.3) is 17.7 Å². The Kier molecular flexibility index (Phi) is 4.69. The predicted molar refractivity (Wildman–Crippen MR) is 121 cm³/mol. The van der Waals surface area contributed by atoms with Crippen LogP contribution in [-0.2, 0) is 6.54 Å². The zero-order valence-electron chi connectivity index (χ0n) is 18.3. The lowest BCUT2D eigenvalue weighted by molar-refractivity contribution is 0.0925. The summed E-state index contributed by atoms with van der Waals surface area (Å²) in [5.74, 6) is 0.164. The Morgan fingerprint density at radius 2 is 1.75 bits per heavy atom. The minimum absolute atomic E-state index is 0.242. The van der Waals surface area contributed by atoms with Gasteiger partial charge in [0, 0.05) is 17.7 Å². The van der Waals surface area contributed by atoms with Crippen LogP contribution in [0.25, 0.3) is 0 Å². The van der Waals surface area contributed by atoms with Crippen LogP contribution in [0.3, 0.4) is 0 Å². The molecule has 0 spiro atoms. The third-order valence-corrected chi connectivity index (χ3v) is 6.14. The van der Waals surface area contributed by atoms with Crippen LogP contribution in [0.1, 0.15) is 60.6 Å². The van der Waals surface area contributed by atoms with E-state index >= 15 is 0 Å². The van der Waals surface area contributed by atoms with E-state index in [0.29, 0.717) is 28.6 Å². The Labute approximate surface area is 186 Å². The quantitative estimate of drug-likeness (QED) is 0.615. The van der Waals surface area contributed by atoms with Gasteiger partial charge in [0.2, 0.25) is 0 Å². The molecule has 1 N–H and O–H groups in total. The van der Waals surface area contributed by atoms with Gasteiger partial charge in [-0.25, -0.2) is 9.58 Å². The molecular weight excluding hydrogens is 404 g/mol. The van der Waals surface area contributed by atoms with E-state index in [4.69, 9.17) is 0 Å². The normalized spacial score (nSPS) is 15.3. The molecule has 0 bridgehead atoms. The molecule has 3 amide bonds. The molecule has 0 atom stereocenters. The number of imide groups is 1. The molecule has 2 aromatic carbocycles. The number of nitrogens with zero attached hydrogens (tertiary/aromatic N) is 3. The molecule has 5 rings (SSSR count). The highest BCUT2D eigenvalue weighted by molar-refractivity contribution is 6.35. The molecular formula is C25H24N4O3. The standard InChI is InChI=1S/C25H24N4O3/c1-14-4-5-15(2)21(10-14)29-24(31)19-9-8-18(11-20(19)25(29)32)23(30)27-22-16(3)12-26-28(22)13-17-6-7-17/h4-5,8-12,17H,6-7,13H2,1-3H3,(H,27,30). The minimum atomic E-state index is -0.414. The first-order valence-corrected chi connectivity index (χ1v) is 10.8. The van der Waals surface area contributed by atoms with E-state index in [1.807, 2.05) is 43.7 Å². The molecule has 1 fully saturated rings. The van der Waals surface area contributed by atoms with E-state index in [1.165, 1.54) is 23.8 Å². The summed E-state index contributed by atoms with van der Waals surface area (Å²) >= 11 is 0. The Hall–Kier alpha value is -3.74. The van der Waals surface area contributed by atoms with Crippen molar-refractivity contribution >= 4 is 29.2 Å². The predicted octanol–water partition coefficient (Wildman–Crippen LogP) is 4.27. The molecule has 1 aromatic heterocycles. The van der Waals surface area contributed by atoms with Gasteiger partial charge in [-0.3, -0.25) is 14.4 Å². The van der Waals surface area contributed by atoms with Crippen molar-refractivity contribution in [2.24, 2.45) is 5.92 Å². The second-order valence-corrected chi connectivity index (χ2v) is 8.75. The molecule has 7 nitrogen and oxygen atoms in total. The summed E-state index contributed by atoms with van der Waals surface area (Å²) in [5, 5.41) is 7.31. The number of carbonyl (C=O) groups is 3. The lowest BCUT2D eigenvalue weighted by Crippen LogP contribution is -2.30. The summed E-state index contributed by atoms with van der Waals surface area (Å²) < 4.78 is 1.83. The highest BCUT2D eigenvalue weighted by atomic mass is 16.2. The van der Waals surface area contributed by atoms with Crippen molar-refractivity contribution < 1.29 is 14.4 Å². The Morgan fingerprint density at radius 3 is 2.50 bits per heavy atom. The molecule has 2 heterocycles. The number of hydrogen-bond acceptors (Lipinski definition) is 4. The van der Waals surface area contributed by atoms with Crippen molar-refractivity contribution in [2.75, 3.05) is 10.2 Å². The number of fused-ring (bicyclic) bond motifs is 1. The van der Waals surface area contributed by atoms with Gasteiger partial charge in [-0.2, -0.15) is 5.10 Å². The number of aryl methyl sites for hydroxylation is 3. The van der Waals surface area contributed by atoms with Crippen molar-refractivity contribution in [3.05, 3.63) is 76.0 Å². The highest BCUT2D eigenvalue weighted by Crippen LogP contribution is 2.33. The van der Waals surface area contributed by atoms with Crippen LogP contribution in [0.15, 0.2) is 42.6 Å². The first kappa shape index (κ1) is 20.2. The molecule has 7 heteroatoms.